The molecule has 0 spiro atoms. The molecule has 0 saturated carbocycles. The van der Waals surface area contributed by atoms with Crippen LogP contribution in [0.3, 0.4) is 0 Å². The van der Waals surface area contributed by atoms with Crippen LogP contribution in [0.5, 0.6) is 0 Å². The fourth-order valence-corrected chi connectivity index (χ4v) is 1.92. The van der Waals surface area contributed by atoms with Crippen LogP contribution >= 0.6 is 7.80 Å². The molecule has 0 aromatic carbocycles. The molecule has 0 aliphatic rings. The van der Waals surface area contributed by atoms with Gasteiger partial charge in [-0.05, 0) is 26.4 Å². The molecule has 0 heterocycles. The lowest BCUT2D eigenvalue weighted by Gasteiger charge is -2.17. The van der Waals surface area contributed by atoms with Crippen molar-refractivity contribution in [1.29, 1.82) is 0 Å². The fourth-order valence-electron chi connectivity index (χ4n) is 0.638. The van der Waals surface area contributed by atoms with E-state index in [9.17, 15) is 4.57 Å². The maximum absolute atomic E-state index is 11.0. The Bertz CT molecular complexity index is 117. The third-order valence-corrected chi connectivity index (χ3v) is 3.04. The minimum atomic E-state index is -1.29. The highest BCUT2D eigenvalue weighted by Crippen LogP contribution is 2.22. The largest absolute Gasteiger partial charge is 0.327 e. The van der Waals surface area contributed by atoms with Gasteiger partial charge in [-0.1, -0.05) is 6.92 Å². The van der Waals surface area contributed by atoms with E-state index in [1.54, 1.807) is 0 Å². The molecule has 3 heteroatoms. The van der Waals surface area contributed by atoms with Gasteiger partial charge in [-0.3, -0.25) is 0 Å². The van der Waals surface area contributed by atoms with Crippen LogP contribution in [-0.4, -0.2) is 17.9 Å². The first-order valence-corrected chi connectivity index (χ1v) is 5.58. The number of nitrogens with two attached hydrogens (primary N) is 1. The molecular weight excluding hydrogens is 145 g/mol. The summed E-state index contributed by atoms with van der Waals surface area (Å²) in [5, 5.41) is 0. The Balaban J connectivity index is 3.46. The number of hydrogen-bond acceptors (Lipinski definition) is 2. The van der Waals surface area contributed by atoms with Crippen LogP contribution in [0, 0.1) is 0 Å². The normalized spacial score (nSPS) is 15.2. The second-order valence-corrected chi connectivity index (χ2v) is 5.67. The Hall–Kier alpha value is 0.190. The van der Waals surface area contributed by atoms with Gasteiger partial charge in [0, 0.05) is 11.7 Å². The van der Waals surface area contributed by atoms with Crippen LogP contribution in [0.1, 0.15) is 27.2 Å². The quantitative estimate of drug-likeness (QED) is 0.641. The number of hydrogen-bond donors (Lipinski definition) is 1. The van der Waals surface area contributed by atoms with Crippen molar-refractivity contribution in [3.63, 3.8) is 0 Å². The third kappa shape index (κ3) is 6.31. The predicted octanol–water partition coefficient (Wildman–Crippen LogP) is 1.69. The van der Waals surface area contributed by atoms with E-state index in [2.05, 4.69) is 0 Å². The van der Waals surface area contributed by atoms with Crippen molar-refractivity contribution < 1.29 is 4.57 Å². The molecule has 2 N–H and O–H groups in total. The van der Waals surface area contributed by atoms with Crippen LogP contribution in [0.4, 0.5) is 0 Å². The lowest BCUT2D eigenvalue weighted by molar-refractivity contribution is 0.498. The summed E-state index contributed by atoms with van der Waals surface area (Å²) in [5.74, 6) is 0. The van der Waals surface area contributed by atoms with Crippen molar-refractivity contribution in [2.75, 3.05) is 12.3 Å². The van der Waals surface area contributed by atoms with E-state index in [4.69, 9.17) is 5.73 Å². The van der Waals surface area contributed by atoms with Crippen LogP contribution in [0.15, 0.2) is 0 Å². The zero-order valence-corrected chi connectivity index (χ0v) is 8.11. The highest BCUT2D eigenvalue weighted by Gasteiger charge is 2.10. The summed E-state index contributed by atoms with van der Waals surface area (Å²) in [6, 6.07) is 0. The predicted molar refractivity (Wildman–Crippen MR) is 47.3 cm³/mol. The summed E-state index contributed by atoms with van der Waals surface area (Å²) in [4.78, 5) is 0. The lowest BCUT2D eigenvalue weighted by Crippen LogP contribution is -2.32. The van der Waals surface area contributed by atoms with Crippen molar-refractivity contribution in [1.82, 2.24) is 0 Å². The summed E-state index contributed by atoms with van der Waals surface area (Å²) >= 11 is 0. The summed E-state index contributed by atoms with van der Waals surface area (Å²) in [6.45, 7) is 5.90. The fraction of sp³-hybridized carbons (Fsp3) is 1.00. The van der Waals surface area contributed by atoms with Gasteiger partial charge in [0.2, 0.25) is 0 Å². The minimum absolute atomic E-state index is 0.143. The van der Waals surface area contributed by atoms with E-state index < -0.39 is 7.80 Å². The molecule has 0 amide bonds. The van der Waals surface area contributed by atoms with Crippen LogP contribution in [-0.2, 0) is 4.57 Å². The molecule has 62 valence electrons. The van der Waals surface area contributed by atoms with Gasteiger partial charge in [0.15, 0.2) is 0 Å². The first kappa shape index (κ1) is 10.2. The SMILES string of the molecule is CC[PH](=O)CCC(C)(C)N. The average molecular weight is 163 g/mol. The summed E-state index contributed by atoms with van der Waals surface area (Å²) in [5.41, 5.74) is 5.57. The van der Waals surface area contributed by atoms with Crippen LogP contribution < -0.4 is 5.73 Å². The van der Waals surface area contributed by atoms with E-state index in [0.29, 0.717) is 0 Å². The highest BCUT2D eigenvalue weighted by molar-refractivity contribution is 7.44. The Morgan fingerprint density at radius 2 is 2.00 bits per heavy atom. The van der Waals surface area contributed by atoms with E-state index in [-0.39, 0.29) is 5.54 Å². The van der Waals surface area contributed by atoms with Crippen molar-refractivity contribution in [2.45, 2.75) is 32.7 Å². The van der Waals surface area contributed by atoms with Crippen LogP contribution in [0.2, 0.25) is 0 Å². The van der Waals surface area contributed by atoms with Crippen molar-refractivity contribution in [3.05, 3.63) is 0 Å². The zero-order valence-electron chi connectivity index (χ0n) is 7.11. The molecule has 0 radical (unpaired) electrons. The lowest BCUT2D eigenvalue weighted by atomic mass is 10.0. The average Bonchev–Trinajstić information content (AvgIpc) is 1.81. The van der Waals surface area contributed by atoms with Gasteiger partial charge in [0.05, 0.1) is 7.80 Å². The maximum Gasteiger partial charge on any atom is 0.0760 e. The van der Waals surface area contributed by atoms with Crippen molar-refractivity contribution in [2.24, 2.45) is 5.73 Å². The van der Waals surface area contributed by atoms with E-state index in [1.807, 2.05) is 20.8 Å². The van der Waals surface area contributed by atoms with E-state index >= 15 is 0 Å². The minimum Gasteiger partial charge on any atom is -0.327 e. The topological polar surface area (TPSA) is 43.1 Å². The molecule has 0 bridgehead atoms. The van der Waals surface area contributed by atoms with Gasteiger partial charge < -0.3 is 10.3 Å². The molecule has 0 aliphatic carbocycles. The van der Waals surface area contributed by atoms with Gasteiger partial charge in [-0.15, -0.1) is 0 Å². The molecule has 0 aromatic rings. The van der Waals surface area contributed by atoms with Gasteiger partial charge >= 0.3 is 0 Å². The molecule has 2 nitrogen and oxygen atoms in total. The summed E-state index contributed by atoms with van der Waals surface area (Å²) in [6.07, 6.45) is 2.50. The smallest absolute Gasteiger partial charge is 0.0760 e. The Kier molecular flexibility index (Phi) is 4.23. The highest BCUT2D eigenvalue weighted by atomic mass is 31.1. The Morgan fingerprint density at radius 3 is 2.30 bits per heavy atom. The Morgan fingerprint density at radius 1 is 1.50 bits per heavy atom. The molecule has 0 rings (SSSR count). The second-order valence-electron chi connectivity index (χ2n) is 3.38. The monoisotopic (exact) mass is 163 g/mol. The molecule has 1 atom stereocenters. The zero-order chi connectivity index (χ0) is 8.20. The van der Waals surface area contributed by atoms with Gasteiger partial charge in [-0.2, -0.15) is 0 Å². The molecule has 10 heavy (non-hydrogen) atoms. The molecule has 1 unspecified atom stereocenters. The molecule has 0 saturated heterocycles. The summed E-state index contributed by atoms with van der Waals surface area (Å²) < 4.78 is 11.0. The maximum atomic E-state index is 11.0. The molecule has 0 aromatic heterocycles. The van der Waals surface area contributed by atoms with Gasteiger partial charge in [-0.25, -0.2) is 0 Å². The van der Waals surface area contributed by atoms with E-state index in [0.717, 1.165) is 18.7 Å². The standard InChI is InChI=1S/C7H18NOP/c1-4-10(9)6-5-7(2,3)8/h10H,4-6,8H2,1-3H3. The first-order chi connectivity index (χ1) is 4.45. The summed E-state index contributed by atoms with van der Waals surface area (Å²) in [7, 11) is -1.29. The van der Waals surface area contributed by atoms with Gasteiger partial charge in [0.25, 0.3) is 0 Å². The van der Waals surface area contributed by atoms with Crippen LogP contribution in [0.25, 0.3) is 0 Å². The second kappa shape index (κ2) is 4.15. The van der Waals surface area contributed by atoms with E-state index in [1.165, 1.54) is 0 Å². The van der Waals surface area contributed by atoms with Crippen molar-refractivity contribution in [3.8, 4) is 0 Å². The van der Waals surface area contributed by atoms with Crippen molar-refractivity contribution >= 4 is 7.80 Å². The molecule has 0 fully saturated rings. The van der Waals surface area contributed by atoms with Gasteiger partial charge in [0.1, 0.15) is 0 Å². The Labute approximate surface area is 64.0 Å². The molecular formula is C7H18NOP. The third-order valence-electron chi connectivity index (χ3n) is 1.44. The molecule has 0 aliphatic heterocycles. The first-order valence-electron chi connectivity index (χ1n) is 3.76. The number of rotatable bonds is 4.